The van der Waals surface area contributed by atoms with Gasteiger partial charge in [0.15, 0.2) is 0 Å². The van der Waals surface area contributed by atoms with Crippen LogP contribution >= 0.6 is 12.4 Å². The maximum absolute atomic E-state index is 12.4. The Hall–Kier alpha value is -0.320. The fourth-order valence-electron chi connectivity index (χ4n) is 3.21. The second-order valence-corrected chi connectivity index (χ2v) is 6.13. The first-order valence-corrected chi connectivity index (χ1v) is 6.61. The Morgan fingerprint density at radius 2 is 2.11 bits per heavy atom. The van der Waals surface area contributed by atoms with Gasteiger partial charge in [-0.25, -0.2) is 0 Å². The van der Waals surface area contributed by atoms with E-state index in [2.05, 4.69) is 20.8 Å². The molecule has 0 aliphatic carbocycles. The lowest BCUT2D eigenvalue weighted by molar-refractivity contribution is -0.146. The number of halogens is 1. The van der Waals surface area contributed by atoms with Gasteiger partial charge < -0.3 is 15.4 Å². The second kappa shape index (κ2) is 5.76. The van der Waals surface area contributed by atoms with Crippen molar-refractivity contribution in [1.82, 2.24) is 4.90 Å². The number of amides is 1. The van der Waals surface area contributed by atoms with Gasteiger partial charge in [0, 0.05) is 18.6 Å². The molecule has 0 aromatic carbocycles. The van der Waals surface area contributed by atoms with Crippen molar-refractivity contribution in [2.24, 2.45) is 11.7 Å². The SMILES string of the molecule is CC1CN(C(=O)[C@@H]2CC[C@H](CN)O2)C(C)(C)C1.Cl. The van der Waals surface area contributed by atoms with E-state index in [4.69, 9.17) is 10.5 Å². The molecule has 0 aromatic rings. The Labute approximate surface area is 116 Å². The van der Waals surface area contributed by atoms with Gasteiger partial charge >= 0.3 is 0 Å². The van der Waals surface area contributed by atoms with Crippen LogP contribution in [0.15, 0.2) is 0 Å². The van der Waals surface area contributed by atoms with Crippen molar-refractivity contribution in [2.75, 3.05) is 13.1 Å². The molecule has 0 radical (unpaired) electrons. The summed E-state index contributed by atoms with van der Waals surface area (Å²) >= 11 is 0. The van der Waals surface area contributed by atoms with Crippen molar-refractivity contribution in [3.8, 4) is 0 Å². The number of carbonyl (C=O) groups is 1. The van der Waals surface area contributed by atoms with Gasteiger partial charge in [0.05, 0.1) is 6.10 Å². The van der Waals surface area contributed by atoms with E-state index in [1.165, 1.54) is 0 Å². The third-order valence-electron chi connectivity index (χ3n) is 3.98. The van der Waals surface area contributed by atoms with Crippen LogP contribution in [0, 0.1) is 5.92 Å². The molecular weight excluding hydrogens is 252 g/mol. The van der Waals surface area contributed by atoms with Crippen LogP contribution in [0.1, 0.15) is 40.0 Å². The highest BCUT2D eigenvalue weighted by Gasteiger charge is 2.43. The minimum absolute atomic E-state index is 0. The fourth-order valence-corrected chi connectivity index (χ4v) is 3.21. The predicted octanol–water partition coefficient (Wildman–Crippen LogP) is 1.56. The topological polar surface area (TPSA) is 55.6 Å². The lowest BCUT2D eigenvalue weighted by Gasteiger charge is -2.33. The molecule has 5 heteroatoms. The maximum Gasteiger partial charge on any atom is 0.252 e. The molecule has 1 amide bonds. The van der Waals surface area contributed by atoms with Crippen LogP contribution in [0.4, 0.5) is 0 Å². The molecule has 4 nitrogen and oxygen atoms in total. The van der Waals surface area contributed by atoms with Crippen LogP contribution in [0.3, 0.4) is 0 Å². The number of carbonyl (C=O) groups excluding carboxylic acids is 1. The third kappa shape index (κ3) is 2.98. The summed E-state index contributed by atoms with van der Waals surface area (Å²) in [5.41, 5.74) is 5.55. The van der Waals surface area contributed by atoms with Gasteiger partial charge in [-0.2, -0.15) is 0 Å². The summed E-state index contributed by atoms with van der Waals surface area (Å²) in [7, 11) is 0. The summed E-state index contributed by atoms with van der Waals surface area (Å²) in [5.74, 6) is 0.746. The van der Waals surface area contributed by atoms with Crippen LogP contribution in [0.25, 0.3) is 0 Å². The molecule has 2 N–H and O–H groups in total. The zero-order valence-electron chi connectivity index (χ0n) is 11.5. The van der Waals surface area contributed by atoms with Crippen molar-refractivity contribution in [3.05, 3.63) is 0 Å². The highest BCUT2D eigenvalue weighted by Crippen LogP contribution is 2.34. The summed E-state index contributed by atoms with van der Waals surface area (Å²) in [5, 5.41) is 0. The first-order chi connectivity index (χ1) is 7.94. The first kappa shape index (κ1) is 15.7. The number of rotatable bonds is 2. The van der Waals surface area contributed by atoms with Crippen molar-refractivity contribution >= 4 is 18.3 Å². The van der Waals surface area contributed by atoms with Crippen LogP contribution in [0.5, 0.6) is 0 Å². The summed E-state index contributed by atoms with van der Waals surface area (Å²) < 4.78 is 5.70. The second-order valence-electron chi connectivity index (χ2n) is 6.13. The van der Waals surface area contributed by atoms with Crippen molar-refractivity contribution in [3.63, 3.8) is 0 Å². The molecule has 2 rings (SSSR count). The van der Waals surface area contributed by atoms with Gasteiger partial charge in [0.25, 0.3) is 5.91 Å². The monoisotopic (exact) mass is 276 g/mol. The van der Waals surface area contributed by atoms with Gasteiger partial charge in [-0.05, 0) is 39.0 Å². The van der Waals surface area contributed by atoms with Gasteiger partial charge in [0.1, 0.15) is 6.10 Å². The van der Waals surface area contributed by atoms with E-state index in [0.717, 1.165) is 25.8 Å². The number of hydrogen-bond acceptors (Lipinski definition) is 3. The summed E-state index contributed by atoms with van der Waals surface area (Å²) in [6.45, 7) is 7.86. The minimum atomic E-state index is -0.256. The Morgan fingerprint density at radius 1 is 1.44 bits per heavy atom. The zero-order valence-corrected chi connectivity index (χ0v) is 12.3. The number of nitrogens with zero attached hydrogens (tertiary/aromatic N) is 1. The van der Waals surface area contributed by atoms with Gasteiger partial charge in [-0.1, -0.05) is 6.92 Å². The molecule has 3 atom stereocenters. The summed E-state index contributed by atoms with van der Waals surface area (Å²) in [6, 6.07) is 0. The van der Waals surface area contributed by atoms with Crippen molar-refractivity contribution < 1.29 is 9.53 Å². The molecule has 2 aliphatic heterocycles. The molecule has 0 saturated carbocycles. The highest BCUT2D eigenvalue weighted by molar-refractivity contribution is 5.85. The van der Waals surface area contributed by atoms with Crippen LogP contribution in [-0.4, -0.2) is 41.6 Å². The van der Waals surface area contributed by atoms with E-state index in [1.54, 1.807) is 0 Å². The molecular formula is C13H25ClN2O2. The van der Waals surface area contributed by atoms with Crippen LogP contribution < -0.4 is 5.73 Å². The summed E-state index contributed by atoms with van der Waals surface area (Å²) in [6.07, 6.45) is 2.63. The average Bonchev–Trinajstić information content (AvgIpc) is 2.81. The zero-order chi connectivity index (χ0) is 12.6. The molecule has 2 fully saturated rings. The molecule has 2 saturated heterocycles. The van der Waals surface area contributed by atoms with Crippen molar-refractivity contribution in [1.29, 1.82) is 0 Å². The third-order valence-corrected chi connectivity index (χ3v) is 3.98. The standard InChI is InChI=1S/C13H24N2O2.ClH/c1-9-6-13(2,3)15(8-9)12(16)11-5-4-10(7-14)17-11;/h9-11H,4-8,14H2,1-3H3;1H/t9?,10-,11+;/m1./s1. The van der Waals surface area contributed by atoms with Gasteiger partial charge in [-0.3, -0.25) is 4.79 Å². The quantitative estimate of drug-likeness (QED) is 0.833. The summed E-state index contributed by atoms with van der Waals surface area (Å²) in [4.78, 5) is 14.4. The maximum atomic E-state index is 12.4. The molecule has 2 heterocycles. The molecule has 0 aromatic heterocycles. The average molecular weight is 277 g/mol. The van der Waals surface area contributed by atoms with Gasteiger partial charge in [0.2, 0.25) is 0 Å². The predicted molar refractivity (Wildman–Crippen MR) is 73.8 cm³/mol. The first-order valence-electron chi connectivity index (χ1n) is 6.61. The normalized spacial score (nSPS) is 34.4. The van der Waals surface area contributed by atoms with E-state index in [-0.39, 0.29) is 36.1 Å². The van der Waals surface area contributed by atoms with E-state index < -0.39 is 0 Å². The van der Waals surface area contributed by atoms with Crippen LogP contribution in [-0.2, 0) is 9.53 Å². The Morgan fingerprint density at radius 3 is 2.56 bits per heavy atom. The molecule has 2 aliphatic rings. The number of likely N-dealkylation sites (tertiary alicyclic amines) is 1. The lowest BCUT2D eigenvalue weighted by atomic mass is 9.97. The Balaban J connectivity index is 0.00000162. The van der Waals surface area contributed by atoms with E-state index in [0.29, 0.717) is 12.5 Å². The Kier molecular flexibility index (Phi) is 5.04. The Bertz CT molecular complexity index is 309. The fraction of sp³-hybridized carbons (Fsp3) is 0.923. The van der Waals surface area contributed by atoms with E-state index in [1.807, 2.05) is 4.90 Å². The molecule has 1 unspecified atom stereocenters. The largest absolute Gasteiger partial charge is 0.364 e. The van der Waals surface area contributed by atoms with Crippen LogP contribution in [0.2, 0.25) is 0 Å². The number of ether oxygens (including phenoxy) is 1. The smallest absolute Gasteiger partial charge is 0.252 e. The number of nitrogens with two attached hydrogens (primary N) is 1. The molecule has 18 heavy (non-hydrogen) atoms. The minimum Gasteiger partial charge on any atom is -0.364 e. The van der Waals surface area contributed by atoms with E-state index >= 15 is 0 Å². The highest BCUT2D eigenvalue weighted by atomic mass is 35.5. The number of hydrogen-bond donors (Lipinski definition) is 1. The van der Waals surface area contributed by atoms with Crippen molar-refractivity contribution in [2.45, 2.75) is 57.8 Å². The molecule has 0 bridgehead atoms. The molecule has 106 valence electrons. The van der Waals surface area contributed by atoms with Gasteiger partial charge in [-0.15, -0.1) is 12.4 Å². The lowest BCUT2D eigenvalue weighted by Crippen LogP contribution is -2.47. The molecule has 0 spiro atoms. The van der Waals surface area contributed by atoms with E-state index in [9.17, 15) is 4.79 Å².